The summed E-state index contributed by atoms with van der Waals surface area (Å²) in [5, 5.41) is 0. The fraction of sp³-hybridized carbons (Fsp3) is 0.538. The molecule has 0 heterocycles. The van der Waals surface area contributed by atoms with Crippen LogP contribution in [0.5, 0.6) is 0 Å². The lowest BCUT2D eigenvalue weighted by Gasteiger charge is -2.22. The van der Waals surface area contributed by atoms with Crippen LogP contribution in [-0.4, -0.2) is 15.0 Å². The first-order chi connectivity index (χ1) is 8.16. The third-order valence-electron chi connectivity index (χ3n) is 3.08. The number of nitrogens with one attached hydrogen (secondary N) is 1. The monoisotopic (exact) mass is 270 g/mol. The Bertz CT molecular complexity index is 502. The molecule has 0 bridgehead atoms. The maximum absolute atomic E-state index is 12.1. The van der Waals surface area contributed by atoms with E-state index in [4.69, 9.17) is 5.73 Å². The molecule has 3 N–H and O–H groups in total. The van der Waals surface area contributed by atoms with Gasteiger partial charge in [-0.1, -0.05) is 20.8 Å². The van der Waals surface area contributed by atoms with E-state index in [9.17, 15) is 8.42 Å². The molecule has 0 spiro atoms. The maximum atomic E-state index is 12.1. The third-order valence-corrected chi connectivity index (χ3v) is 4.46. The number of hydrogen-bond donors (Lipinski definition) is 2. The van der Waals surface area contributed by atoms with Gasteiger partial charge < -0.3 is 5.73 Å². The van der Waals surface area contributed by atoms with E-state index in [2.05, 4.69) is 4.72 Å². The molecular weight excluding hydrogens is 248 g/mol. The fourth-order valence-electron chi connectivity index (χ4n) is 1.43. The predicted octanol–water partition coefficient (Wildman–Crippen LogP) is 2.29. The summed E-state index contributed by atoms with van der Waals surface area (Å²) in [6, 6.07) is 4.85. The molecule has 0 aliphatic carbocycles. The van der Waals surface area contributed by atoms with Gasteiger partial charge in [0, 0.05) is 12.2 Å². The Morgan fingerprint density at radius 3 is 2.39 bits per heavy atom. The molecule has 0 amide bonds. The van der Waals surface area contributed by atoms with Gasteiger partial charge in [0.15, 0.2) is 0 Å². The number of nitrogen functional groups attached to an aromatic ring is 1. The van der Waals surface area contributed by atoms with Gasteiger partial charge in [0.05, 0.1) is 4.90 Å². The highest BCUT2D eigenvalue weighted by atomic mass is 32.2. The molecule has 4 nitrogen and oxygen atoms in total. The number of hydrogen-bond acceptors (Lipinski definition) is 3. The molecule has 0 aliphatic heterocycles. The van der Waals surface area contributed by atoms with Crippen molar-refractivity contribution in [1.82, 2.24) is 4.72 Å². The molecule has 0 saturated carbocycles. The van der Waals surface area contributed by atoms with Crippen LogP contribution >= 0.6 is 0 Å². The second-order valence-corrected chi connectivity index (χ2v) is 7.19. The van der Waals surface area contributed by atoms with Crippen LogP contribution in [-0.2, 0) is 10.0 Å². The van der Waals surface area contributed by atoms with E-state index in [1.165, 1.54) is 6.07 Å². The molecule has 0 fully saturated rings. The largest absolute Gasteiger partial charge is 0.399 e. The number of rotatable bonds is 5. The fourth-order valence-corrected chi connectivity index (χ4v) is 2.81. The van der Waals surface area contributed by atoms with Crippen LogP contribution in [0.25, 0.3) is 0 Å². The minimum atomic E-state index is -3.48. The normalized spacial score (nSPS) is 12.7. The van der Waals surface area contributed by atoms with E-state index in [1.807, 2.05) is 27.7 Å². The highest BCUT2D eigenvalue weighted by Gasteiger charge is 2.21. The minimum absolute atomic E-state index is 0.0531. The third kappa shape index (κ3) is 3.99. The van der Waals surface area contributed by atoms with Crippen LogP contribution in [0.2, 0.25) is 0 Å². The average molecular weight is 270 g/mol. The summed E-state index contributed by atoms with van der Waals surface area (Å²) in [6.07, 6.45) is 0.908. The molecular formula is C13H22N2O2S. The molecule has 0 saturated heterocycles. The molecule has 0 radical (unpaired) electrons. The smallest absolute Gasteiger partial charge is 0.240 e. The van der Waals surface area contributed by atoms with Gasteiger partial charge in [-0.3, -0.25) is 0 Å². The SMILES string of the molecule is CCC(C)(C)CNS(=O)(=O)c1cc(C)cc(N)c1. The van der Waals surface area contributed by atoms with Crippen molar-refractivity contribution in [3.8, 4) is 0 Å². The average Bonchev–Trinajstić information content (AvgIpc) is 2.25. The van der Waals surface area contributed by atoms with Gasteiger partial charge in [-0.15, -0.1) is 0 Å². The van der Waals surface area contributed by atoms with Gasteiger partial charge in [-0.2, -0.15) is 0 Å². The maximum Gasteiger partial charge on any atom is 0.240 e. The number of anilines is 1. The van der Waals surface area contributed by atoms with E-state index >= 15 is 0 Å². The van der Waals surface area contributed by atoms with Crippen LogP contribution in [0.3, 0.4) is 0 Å². The highest BCUT2D eigenvalue weighted by molar-refractivity contribution is 7.89. The second kappa shape index (κ2) is 5.28. The lowest BCUT2D eigenvalue weighted by Crippen LogP contribution is -2.33. The summed E-state index contributed by atoms with van der Waals surface area (Å²) in [4.78, 5) is 0.229. The molecule has 0 atom stereocenters. The van der Waals surface area contributed by atoms with E-state index in [-0.39, 0.29) is 10.3 Å². The van der Waals surface area contributed by atoms with Gasteiger partial charge in [-0.05, 0) is 42.5 Å². The Morgan fingerprint density at radius 2 is 1.89 bits per heavy atom. The van der Waals surface area contributed by atoms with Gasteiger partial charge in [0.25, 0.3) is 0 Å². The molecule has 102 valence electrons. The van der Waals surface area contributed by atoms with E-state index < -0.39 is 10.0 Å². The molecule has 1 rings (SSSR count). The van der Waals surface area contributed by atoms with Crippen molar-refractivity contribution >= 4 is 15.7 Å². The summed E-state index contributed by atoms with van der Waals surface area (Å²) in [5.41, 5.74) is 6.92. The first-order valence-corrected chi connectivity index (χ1v) is 7.51. The zero-order valence-electron chi connectivity index (χ0n) is 11.4. The zero-order chi connectivity index (χ0) is 14.0. The summed E-state index contributed by atoms with van der Waals surface area (Å²) in [5.74, 6) is 0. The Morgan fingerprint density at radius 1 is 1.28 bits per heavy atom. The van der Waals surface area contributed by atoms with Crippen molar-refractivity contribution in [3.05, 3.63) is 23.8 Å². The van der Waals surface area contributed by atoms with Gasteiger partial charge >= 0.3 is 0 Å². The molecule has 0 unspecified atom stereocenters. The first kappa shape index (κ1) is 15.0. The second-order valence-electron chi connectivity index (χ2n) is 5.42. The number of benzene rings is 1. The molecule has 0 aliphatic rings. The van der Waals surface area contributed by atoms with E-state index in [0.717, 1.165) is 12.0 Å². The van der Waals surface area contributed by atoms with Crippen molar-refractivity contribution in [2.75, 3.05) is 12.3 Å². The van der Waals surface area contributed by atoms with Crippen molar-refractivity contribution < 1.29 is 8.42 Å². The number of nitrogens with two attached hydrogens (primary N) is 1. The minimum Gasteiger partial charge on any atom is -0.399 e. The molecule has 18 heavy (non-hydrogen) atoms. The van der Waals surface area contributed by atoms with Gasteiger partial charge in [0.1, 0.15) is 0 Å². The van der Waals surface area contributed by atoms with Crippen molar-refractivity contribution in [1.29, 1.82) is 0 Å². The van der Waals surface area contributed by atoms with E-state index in [0.29, 0.717) is 12.2 Å². The predicted molar refractivity (Wildman–Crippen MR) is 74.9 cm³/mol. The molecule has 5 heteroatoms. The van der Waals surface area contributed by atoms with Crippen molar-refractivity contribution in [2.24, 2.45) is 5.41 Å². The van der Waals surface area contributed by atoms with E-state index in [1.54, 1.807) is 12.1 Å². The van der Waals surface area contributed by atoms with Crippen LogP contribution in [0.4, 0.5) is 5.69 Å². The molecule has 1 aromatic rings. The van der Waals surface area contributed by atoms with Gasteiger partial charge in [0.2, 0.25) is 10.0 Å². The molecule has 0 aromatic heterocycles. The summed E-state index contributed by atoms with van der Waals surface area (Å²) in [6.45, 7) is 8.34. The van der Waals surface area contributed by atoms with Crippen molar-refractivity contribution in [3.63, 3.8) is 0 Å². The van der Waals surface area contributed by atoms with Crippen LogP contribution in [0, 0.1) is 12.3 Å². The quantitative estimate of drug-likeness (QED) is 0.806. The van der Waals surface area contributed by atoms with Crippen LogP contribution in [0.1, 0.15) is 32.8 Å². The summed E-state index contributed by atoms with van der Waals surface area (Å²) >= 11 is 0. The Balaban J connectivity index is 2.93. The zero-order valence-corrected chi connectivity index (χ0v) is 12.3. The molecule has 1 aromatic carbocycles. The Kier molecular flexibility index (Phi) is 4.40. The standard InChI is InChI=1S/C13H22N2O2S/c1-5-13(3,4)9-15-18(16,17)12-7-10(2)6-11(14)8-12/h6-8,15H,5,9,14H2,1-4H3. The first-order valence-electron chi connectivity index (χ1n) is 6.03. The summed E-state index contributed by atoms with van der Waals surface area (Å²) in [7, 11) is -3.48. The lowest BCUT2D eigenvalue weighted by molar-refractivity contribution is 0.350. The van der Waals surface area contributed by atoms with Crippen LogP contribution < -0.4 is 10.5 Å². The van der Waals surface area contributed by atoms with Crippen LogP contribution in [0.15, 0.2) is 23.1 Å². The number of aryl methyl sites for hydroxylation is 1. The summed E-state index contributed by atoms with van der Waals surface area (Å²) < 4.78 is 26.9. The Hall–Kier alpha value is -1.07. The topological polar surface area (TPSA) is 72.2 Å². The number of sulfonamides is 1. The Labute approximate surface area is 110 Å². The lowest BCUT2D eigenvalue weighted by atomic mass is 9.91. The highest BCUT2D eigenvalue weighted by Crippen LogP contribution is 2.20. The van der Waals surface area contributed by atoms with Crippen molar-refractivity contribution in [2.45, 2.75) is 39.0 Å². The van der Waals surface area contributed by atoms with Gasteiger partial charge in [-0.25, -0.2) is 13.1 Å².